The summed E-state index contributed by atoms with van der Waals surface area (Å²) in [6.45, 7) is 0.789. The predicted octanol–water partition coefficient (Wildman–Crippen LogP) is 5.72. The molecule has 6 heteroatoms. The summed E-state index contributed by atoms with van der Waals surface area (Å²) in [6.07, 6.45) is 12.6. The average molecular weight is 402 g/mol. The fourth-order valence-electron chi connectivity index (χ4n) is 3.61. The molecule has 2 aromatic rings. The van der Waals surface area contributed by atoms with E-state index in [0.717, 1.165) is 17.1 Å². The number of hydrogen-bond donors (Lipinski definition) is 0. The van der Waals surface area contributed by atoms with Gasteiger partial charge in [-0.25, -0.2) is 0 Å². The van der Waals surface area contributed by atoms with Crippen molar-refractivity contribution in [3.05, 3.63) is 64.9 Å². The second kappa shape index (κ2) is 8.53. The van der Waals surface area contributed by atoms with E-state index in [4.69, 9.17) is 21.1 Å². The summed E-state index contributed by atoms with van der Waals surface area (Å²) in [4.78, 5) is 6.88. The zero-order valence-corrected chi connectivity index (χ0v) is 17.0. The number of halogens is 1. The van der Waals surface area contributed by atoms with Gasteiger partial charge in [0.05, 0.1) is 0 Å². The Kier molecular flexibility index (Phi) is 5.89. The SMILES string of the molecule is CN1C=CC=C(c2noc(C(SC3CCCCC3)c3ccc(Cl)cc3)n2)C1. The van der Waals surface area contributed by atoms with E-state index < -0.39 is 0 Å². The molecule has 0 amide bonds. The summed E-state index contributed by atoms with van der Waals surface area (Å²) < 4.78 is 5.74. The quantitative estimate of drug-likeness (QED) is 0.640. The fraction of sp³-hybridized carbons (Fsp3) is 0.429. The van der Waals surface area contributed by atoms with Crippen molar-refractivity contribution in [1.29, 1.82) is 0 Å². The molecule has 27 heavy (non-hydrogen) atoms. The van der Waals surface area contributed by atoms with Crippen molar-refractivity contribution < 1.29 is 4.52 Å². The summed E-state index contributed by atoms with van der Waals surface area (Å²) in [5, 5.41) is 5.70. The molecule has 0 saturated heterocycles. The summed E-state index contributed by atoms with van der Waals surface area (Å²) in [6, 6.07) is 8.02. The molecule has 0 bridgehead atoms. The fourth-order valence-corrected chi connectivity index (χ4v) is 5.25. The van der Waals surface area contributed by atoms with Crippen molar-refractivity contribution in [1.82, 2.24) is 15.0 Å². The van der Waals surface area contributed by atoms with Gasteiger partial charge >= 0.3 is 0 Å². The van der Waals surface area contributed by atoms with E-state index in [1.165, 1.54) is 37.7 Å². The van der Waals surface area contributed by atoms with Gasteiger partial charge in [0.1, 0.15) is 5.25 Å². The molecule has 0 radical (unpaired) electrons. The third-order valence-corrected chi connectivity index (χ3v) is 6.92. The van der Waals surface area contributed by atoms with Gasteiger partial charge in [0.15, 0.2) is 5.82 Å². The molecule has 1 aliphatic heterocycles. The van der Waals surface area contributed by atoms with Gasteiger partial charge < -0.3 is 9.42 Å². The molecule has 1 unspecified atom stereocenters. The van der Waals surface area contributed by atoms with Crippen LogP contribution in [0.25, 0.3) is 5.57 Å². The van der Waals surface area contributed by atoms with Crippen LogP contribution >= 0.6 is 23.4 Å². The zero-order valence-electron chi connectivity index (χ0n) is 15.5. The standard InChI is InChI=1S/C21H24ClN3OS/c1-25-13-5-6-16(14-25)20-23-21(26-24-20)19(15-9-11-17(22)12-10-15)27-18-7-3-2-4-8-18/h5-6,9-13,18-19H,2-4,7-8,14H2,1H3. The topological polar surface area (TPSA) is 42.2 Å². The molecule has 2 heterocycles. The Hall–Kier alpha value is -1.72. The lowest BCUT2D eigenvalue weighted by atomic mass is 10.0. The lowest BCUT2D eigenvalue weighted by Crippen LogP contribution is -2.16. The summed E-state index contributed by atoms with van der Waals surface area (Å²) in [5.41, 5.74) is 2.24. The van der Waals surface area contributed by atoms with Crippen LogP contribution in [-0.2, 0) is 0 Å². The molecule has 142 valence electrons. The van der Waals surface area contributed by atoms with E-state index in [1.54, 1.807) is 0 Å². The van der Waals surface area contributed by atoms with Gasteiger partial charge in [-0.05, 0) is 42.8 Å². The lowest BCUT2D eigenvalue weighted by Gasteiger charge is -2.24. The van der Waals surface area contributed by atoms with Gasteiger partial charge in [0.2, 0.25) is 5.89 Å². The maximum Gasteiger partial charge on any atom is 0.244 e. The van der Waals surface area contributed by atoms with Crippen molar-refractivity contribution in [2.75, 3.05) is 13.6 Å². The minimum atomic E-state index is 0.0454. The van der Waals surface area contributed by atoms with E-state index in [9.17, 15) is 0 Å². The Morgan fingerprint density at radius 3 is 2.70 bits per heavy atom. The van der Waals surface area contributed by atoms with Gasteiger partial charge in [0, 0.05) is 29.4 Å². The Morgan fingerprint density at radius 1 is 1.19 bits per heavy atom. The van der Waals surface area contributed by atoms with Crippen molar-refractivity contribution in [3.63, 3.8) is 0 Å². The Labute approximate surface area is 169 Å². The van der Waals surface area contributed by atoms with Crippen molar-refractivity contribution in [2.24, 2.45) is 0 Å². The van der Waals surface area contributed by atoms with Crippen LogP contribution < -0.4 is 0 Å². The first-order valence-electron chi connectivity index (χ1n) is 9.51. The van der Waals surface area contributed by atoms with Crippen LogP contribution in [0.3, 0.4) is 0 Å². The van der Waals surface area contributed by atoms with E-state index in [0.29, 0.717) is 17.0 Å². The van der Waals surface area contributed by atoms with Crippen molar-refractivity contribution >= 4 is 28.9 Å². The van der Waals surface area contributed by atoms with E-state index >= 15 is 0 Å². The third-order valence-electron chi connectivity index (χ3n) is 5.06. The molecule has 1 fully saturated rings. The highest BCUT2D eigenvalue weighted by atomic mass is 35.5. The number of allylic oxidation sites excluding steroid dienone is 2. The Balaban J connectivity index is 1.61. The first kappa shape index (κ1) is 18.6. The average Bonchev–Trinajstić information content (AvgIpc) is 3.18. The number of likely N-dealkylation sites (N-methyl/N-ethyl adjacent to an activating group) is 1. The number of rotatable bonds is 5. The zero-order chi connectivity index (χ0) is 18.6. The van der Waals surface area contributed by atoms with Crippen LogP contribution in [0.1, 0.15) is 54.6 Å². The van der Waals surface area contributed by atoms with Crippen LogP contribution in [0.4, 0.5) is 0 Å². The molecule has 1 saturated carbocycles. The van der Waals surface area contributed by atoms with Gasteiger partial charge in [-0.3, -0.25) is 0 Å². The van der Waals surface area contributed by atoms with E-state index in [-0.39, 0.29) is 5.25 Å². The van der Waals surface area contributed by atoms with E-state index in [1.807, 2.05) is 43.2 Å². The van der Waals surface area contributed by atoms with Crippen LogP contribution in [0.5, 0.6) is 0 Å². The maximum absolute atomic E-state index is 6.10. The van der Waals surface area contributed by atoms with Crippen LogP contribution in [0.15, 0.2) is 47.1 Å². The summed E-state index contributed by atoms with van der Waals surface area (Å²) >= 11 is 8.05. The normalized spacial score (nSPS) is 19.2. The molecular formula is C21H24ClN3OS. The molecule has 1 aliphatic carbocycles. The number of aromatic nitrogens is 2. The Morgan fingerprint density at radius 2 is 1.96 bits per heavy atom. The van der Waals surface area contributed by atoms with Gasteiger partial charge in [-0.1, -0.05) is 54.2 Å². The number of hydrogen-bond acceptors (Lipinski definition) is 5. The number of nitrogens with zero attached hydrogens (tertiary/aromatic N) is 3. The molecule has 0 spiro atoms. The first-order valence-corrected chi connectivity index (χ1v) is 10.8. The van der Waals surface area contributed by atoms with Crippen LogP contribution in [-0.4, -0.2) is 33.9 Å². The third kappa shape index (κ3) is 4.58. The number of benzene rings is 1. The van der Waals surface area contributed by atoms with Crippen molar-refractivity contribution in [3.8, 4) is 0 Å². The Bertz CT molecular complexity index is 824. The largest absolute Gasteiger partial charge is 0.376 e. The molecular weight excluding hydrogens is 378 g/mol. The summed E-state index contributed by atoms with van der Waals surface area (Å²) in [5.74, 6) is 1.37. The smallest absolute Gasteiger partial charge is 0.244 e. The maximum atomic E-state index is 6.10. The van der Waals surface area contributed by atoms with E-state index in [2.05, 4.69) is 28.3 Å². The second-order valence-electron chi connectivity index (χ2n) is 7.23. The van der Waals surface area contributed by atoms with Crippen molar-refractivity contribution in [2.45, 2.75) is 42.6 Å². The minimum Gasteiger partial charge on any atom is -0.376 e. The van der Waals surface area contributed by atoms with Gasteiger partial charge in [-0.2, -0.15) is 4.98 Å². The minimum absolute atomic E-state index is 0.0454. The summed E-state index contributed by atoms with van der Waals surface area (Å²) in [7, 11) is 2.04. The molecule has 0 N–H and O–H groups in total. The van der Waals surface area contributed by atoms with Gasteiger partial charge in [-0.15, -0.1) is 11.8 Å². The number of thioether (sulfide) groups is 1. The highest BCUT2D eigenvalue weighted by molar-refractivity contribution is 8.00. The lowest BCUT2D eigenvalue weighted by molar-refractivity contribution is 0.380. The molecule has 4 nitrogen and oxygen atoms in total. The van der Waals surface area contributed by atoms with Crippen LogP contribution in [0.2, 0.25) is 5.02 Å². The highest BCUT2D eigenvalue weighted by Crippen LogP contribution is 2.42. The first-order chi connectivity index (χ1) is 13.2. The highest BCUT2D eigenvalue weighted by Gasteiger charge is 2.27. The molecule has 1 aromatic carbocycles. The monoisotopic (exact) mass is 401 g/mol. The van der Waals surface area contributed by atoms with Crippen LogP contribution in [0, 0.1) is 0 Å². The van der Waals surface area contributed by atoms with Gasteiger partial charge in [0.25, 0.3) is 0 Å². The molecule has 4 rings (SSSR count). The predicted molar refractivity (Wildman–Crippen MR) is 112 cm³/mol. The molecule has 1 aromatic heterocycles. The molecule has 1 atom stereocenters. The molecule has 2 aliphatic rings. The second-order valence-corrected chi connectivity index (χ2v) is 9.08.